The Balaban J connectivity index is 2.04. The highest BCUT2D eigenvalue weighted by Crippen LogP contribution is 2.40. The molecule has 1 aliphatic rings. The van der Waals surface area contributed by atoms with E-state index in [1.165, 1.54) is 6.07 Å². The van der Waals surface area contributed by atoms with Crippen molar-refractivity contribution in [1.29, 1.82) is 0 Å². The molecular formula is C14H10ClF3N2. The van der Waals surface area contributed by atoms with Crippen molar-refractivity contribution in [3.63, 3.8) is 0 Å². The zero-order valence-corrected chi connectivity index (χ0v) is 11.0. The van der Waals surface area contributed by atoms with Crippen LogP contribution < -0.4 is 0 Å². The van der Waals surface area contributed by atoms with Crippen molar-refractivity contribution in [3.8, 4) is 11.4 Å². The average molecular weight is 299 g/mol. The van der Waals surface area contributed by atoms with Gasteiger partial charge in [0.25, 0.3) is 0 Å². The van der Waals surface area contributed by atoms with Gasteiger partial charge in [0.1, 0.15) is 5.15 Å². The van der Waals surface area contributed by atoms with Gasteiger partial charge in [0.05, 0.1) is 5.56 Å². The van der Waals surface area contributed by atoms with Crippen molar-refractivity contribution in [2.24, 2.45) is 0 Å². The van der Waals surface area contributed by atoms with Crippen molar-refractivity contribution in [2.45, 2.75) is 24.9 Å². The Hall–Kier alpha value is -1.62. The molecule has 2 nitrogen and oxygen atoms in total. The Morgan fingerprint density at radius 3 is 2.50 bits per heavy atom. The molecule has 3 rings (SSSR count). The van der Waals surface area contributed by atoms with Crippen LogP contribution in [0, 0.1) is 0 Å². The molecule has 1 fully saturated rings. The second kappa shape index (κ2) is 4.74. The van der Waals surface area contributed by atoms with Gasteiger partial charge in [-0.15, -0.1) is 0 Å². The van der Waals surface area contributed by atoms with Crippen molar-refractivity contribution in [2.75, 3.05) is 0 Å². The number of rotatable bonds is 2. The Morgan fingerprint density at radius 2 is 1.85 bits per heavy atom. The highest BCUT2D eigenvalue weighted by molar-refractivity contribution is 6.29. The number of hydrogen-bond acceptors (Lipinski definition) is 2. The van der Waals surface area contributed by atoms with E-state index < -0.39 is 11.7 Å². The Labute approximate surface area is 118 Å². The van der Waals surface area contributed by atoms with E-state index in [0.29, 0.717) is 11.5 Å². The molecule has 20 heavy (non-hydrogen) atoms. The van der Waals surface area contributed by atoms with E-state index in [-0.39, 0.29) is 11.0 Å². The van der Waals surface area contributed by atoms with Gasteiger partial charge in [-0.1, -0.05) is 23.7 Å². The Kier molecular flexibility index (Phi) is 3.17. The minimum Gasteiger partial charge on any atom is -0.233 e. The predicted molar refractivity (Wildman–Crippen MR) is 69.5 cm³/mol. The van der Waals surface area contributed by atoms with Crippen LogP contribution in [0.15, 0.2) is 30.3 Å². The lowest BCUT2D eigenvalue weighted by Crippen LogP contribution is -2.05. The third-order valence-corrected chi connectivity index (χ3v) is 3.35. The van der Waals surface area contributed by atoms with E-state index in [1.807, 2.05) is 0 Å². The molecule has 1 aliphatic carbocycles. The summed E-state index contributed by atoms with van der Waals surface area (Å²) in [7, 11) is 0. The third-order valence-electron chi connectivity index (χ3n) is 3.16. The summed E-state index contributed by atoms with van der Waals surface area (Å²) >= 11 is 5.93. The Bertz CT molecular complexity index is 651. The van der Waals surface area contributed by atoms with Crippen molar-refractivity contribution < 1.29 is 13.2 Å². The molecule has 0 bridgehead atoms. The normalized spacial score (nSPS) is 15.4. The molecule has 0 atom stereocenters. The average Bonchev–Trinajstić information content (AvgIpc) is 3.21. The first-order chi connectivity index (χ1) is 9.43. The molecule has 0 radical (unpaired) electrons. The SMILES string of the molecule is FC(F)(F)c1cccc(-c2nc(Cl)cc(C3CC3)n2)c1. The third kappa shape index (κ3) is 2.77. The topological polar surface area (TPSA) is 25.8 Å². The molecule has 104 valence electrons. The second-order valence-corrected chi connectivity index (χ2v) is 5.18. The highest BCUT2D eigenvalue weighted by Gasteiger charge is 2.31. The number of nitrogens with zero attached hydrogens (tertiary/aromatic N) is 2. The number of alkyl halides is 3. The maximum Gasteiger partial charge on any atom is 0.416 e. The molecule has 1 aromatic carbocycles. The van der Waals surface area contributed by atoms with Crippen LogP contribution in [0.1, 0.15) is 30.0 Å². The Morgan fingerprint density at radius 1 is 1.10 bits per heavy atom. The first-order valence-electron chi connectivity index (χ1n) is 6.15. The molecule has 0 spiro atoms. The number of aromatic nitrogens is 2. The van der Waals surface area contributed by atoms with Crippen molar-refractivity contribution in [1.82, 2.24) is 9.97 Å². The fraction of sp³-hybridized carbons (Fsp3) is 0.286. The summed E-state index contributed by atoms with van der Waals surface area (Å²) in [6.07, 6.45) is -2.31. The molecule has 1 saturated carbocycles. The van der Waals surface area contributed by atoms with Gasteiger partial charge in [-0.05, 0) is 31.0 Å². The smallest absolute Gasteiger partial charge is 0.233 e. The summed E-state index contributed by atoms with van der Waals surface area (Å²) < 4.78 is 38.1. The quantitative estimate of drug-likeness (QED) is 0.751. The summed E-state index contributed by atoms with van der Waals surface area (Å²) in [5.41, 5.74) is 0.410. The molecule has 1 heterocycles. The number of benzene rings is 1. The zero-order valence-electron chi connectivity index (χ0n) is 10.3. The monoisotopic (exact) mass is 298 g/mol. The van der Waals surface area contributed by atoms with Gasteiger partial charge in [-0.3, -0.25) is 0 Å². The van der Waals surface area contributed by atoms with Gasteiger partial charge in [0.2, 0.25) is 0 Å². The summed E-state index contributed by atoms with van der Waals surface area (Å²) in [6.45, 7) is 0. The van der Waals surface area contributed by atoms with Gasteiger partial charge in [-0.25, -0.2) is 9.97 Å². The highest BCUT2D eigenvalue weighted by atomic mass is 35.5. The van der Waals surface area contributed by atoms with Crippen molar-refractivity contribution in [3.05, 3.63) is 46.7 Å². The first-order valence-corrected chi connectivity index (χ1v) is 6.53. The molecular weight excluding hydrogens is 289 g/mol. The summed E-state index contributed by atoms with van der Waals surface area (Å²) in [5, 5.41) is 0.259. The van der Waals surface area contributed by atoms with Gasteiger partial charge in [-0.2, -0.15) is 13.2 Å². The minimum atomic E-state index is -4.38. The zero-order chi connectivity index (χ0) is 14.3. The van der Waals surface area contributed by atoms with Crippen LogP contribution >= 0.6 is 11.6 Å². The van der Waals surface area contributed by atoms with Crippen LogP contribution in [0.5, 0.6) is 0 Å². The van der Waals surface area contributed by atoms with E-state index in [0.717, 1.165) is 30.7 Å². The van der Waals surface area contributed by atoms with E-state index in [4.69, 9.17) is 11.6 Å². The summed E-state index contributed by atoms with van der Waals surface area (Å²) in [6, 6.07) is 6.64. The van der Waals surface area contributed by atoms with Crippen LogP contribution in [0.25, 0.3) is 11.4 Å². The molecule has 1 aromatic heterocycles. The summed E-state index contributed by atoms with van der Waals surface area (Å²) in [4.78, 5) is 8.35. The van der Waals surface area contributed by atoms with Gasteiger partial charge >= 0.3 is 6.18 Å². The van der Waals surface area contributed by atoms with E-state index >= 15 is 0 Å². The molecule has 0 aliphatic heterocycles. The van der Waals surface area contributed by atoms with Crippen LogP contribution in [-0.4, -0.2) is 9.97 Å². The fourth-order valence-electron chi connectivity index (χ4n) is 1.99. The van der Waals surface area contributed by atoms with Crippen LogP contribution in [0.3, 0.4) is 0 Å². The predicted octanol–water partition coefficient (Wildman–Crippen LogP) is 4.69. The largest absolute Gasteiger partial charge is 0.416 e. The van der Waals surface area contributed by atoms with Gasteiger partial charge in [0, 0.05) is 17.2 Å². The fourth-order valence-corrected chi connectivity index (χ4v) is 2.18. The lowest BCUT2D eigenvalue weighted by atomic mass is 10.1. The molecule has 6 heteroatoms. The molecule has 0 N–H and O–H groups in total. The maximum atomic E-state index is 12.7. The van der Waals surface area contributed by atoms with Gasteiger partial charge < -0.3 is 0 Å². The summed E-state index contributed by atoms with van der Waals surface area (Å²) in [5.74, 6) is 0.602. The lowest BCUT2D eigenvalue weighted by Gasteiger charge is -2.09. The number of hydrogen-bond donors (Lipinski definition) is 0. The maximum absolute atomic E-state index is 12.7. The van der Waals surface area contributed by atoms with E-state index in [1.54, 1.807) is 12.1 Å². The molecule has 2 aromatic rings. The molecule has 0 saturated heterocycles. The first kappa shape index (κ1) is 13.4. The van der Waals surface area contributed by atoms with Crippen LogP contribution in [-0.2, 0) is 6.18 Å². The standard InChI is InChI=1S/C14H10ClF3N2/c15-12-7-11(8-4-5-8)19-13(20-12)9-2-1-3-10(6-9)14(16,17)18/h1-3,6-8H,4-5H2. The lowest BCUT2D eigenvalue weighted by molar-refractivity contribution is -0.137. The number of halogens is 4. The van der Waals surface area contributed by atoms with Gasteiger partial charge in [0.15, 0.2) is 5.82 Å². The minimum absolute atomic E-state index is 0.241. The van der Waals surface area contributed by atoms with Crippen molar-refractivity contribution >= 4 is 11.6 Å². The van der Waals surface area contributed by atoms with E-state index in [2.05, 4.69) is 9.97 Å². The second-order valence-electron chi connectivity index (χ2n) is 4.79. The molecule has 0 amide bonds. The molecule has 0 unspecified atom stereocenters. The van der Waals surface area contributed by atoms with E-state index in [9.17, 15) is 13.2 Å². The van der Waals surface area contributed by atoms with Crippen LogP contribution in [0.4, 0.5) is 13.2 Å². The van der Waals surface area contributed by atoms with Crippen LogP contribution in [0.2, 0.25) is 5.15 Å².